The molecular weight excluding hydrogens is 276 g/mol. The molecule has 1 fully saturated rings. The maximum absolute atomic E-state index is 13.0. The van der Waals surface area contributed by atoms with E-state index < -0.39 is 10.0 Å². The van der Waals surface area contributed by atoms with Crippen LogP contribution in [0.3, 0.4) is 0 Å². The van der Waals surface area contributed by atoms with Gasteiger partial charge < -0.3 is 5.73 Å². The fourth-order valence-electron chi connectivity index (χ4n) is 3.05. The van der Waals surface area contributed by atoms with Gasteiger partial charge in [0.25, 0.3) is 0 Å². The van der Waals surface area contributed by atoms with Crippen LogP contribution in [-0.2, 0) is 16.6 Å². The second-order valence-electron chi connectivity index (χ2n) is 5.96. The van der Waals surface area contributed by atoms with E-state index in [-0.39, 0.29) is 17.5 Å². The van der Waals surface area contributed by atoms with Crippen LogP contribution in [0.4, 0.5) is 0 Å². The fourth-order valence-corrected chi connectivity index (χ4v) is 5.24. The second kappa shape index (κ2) is 5.46. The Labute approximate surface area is 120 Å². The standard InChI is InChI=1S/C13H24N4O2S/c1-8-5-9(2)11(4)17(7-8)20(18,19)13-10(3)15-16-12(13)6-14/h8-9,11H,5-7,14H2,1-4H3,(H,15,16). The van der Waals surface area contributed by atoms with Crippen molar-refractivity contribution in [3.63, 3.8) is 0 Å². The van der Waals surface area contributed by atoms with Crippen molar-refractivity contribution in [1.29, 1.82) is 0 Å². The van der Waals surface area contributed by atoms with E-state index in [9.17, 15) is 8.42 Å². The highest BCUT2D eigenvalue weighted by molar-refractivity contribution is 7.89. The zero-order chi connectivity index (χ0) is 15.1. The Kier molecular flexibility index (Phi) is 4.22. The molecule has 1 saturated heterocycles. The van der Waals surface area contributed by atoms with Gasteiger partial charge in [-0.1, -0.05) is 13.8 Å². The molecule has 3 unspecified atom stereocenters. The minimum absolute atomic E-state index is 0.00359. The lowest BCUT2D eigenvalue weighted by atomic mass is 9.88. The quantitative estimate of drug-likeness (QED) is 0.878. The summed E-state index contributed by atoms with van der Waals surface area (Å²) >= 11 is 0. The summed E-state index contributed by atoms with van der Waals surface area (Å²) in [5.74, 6) is 0.714. The highest BCUT2D eigenvalue weighted by Crippen LogP contribution is 2.33. The first-order valence-corrected chi connectivity index (χ1v) is 8.48. The molecule has 1 aliphatic heterocycles. The lowest BCUT2D eigenvalue weighted by Gasteiger charge is -2.40. The summed E-state index contributed by atoms with van der Waals surface area (Å²) in [7, 11) is -3.55. The molecule has 0 amide bonds. The molecule has 1 aromatic rings. The van der Waals surface area contributed by atoms with Gasteiger partial charge in [-0.2, -0.15) is 9.40 Å². The Bertz CT molecular complexity index is 581. The Morgan fingerprint density at radius 1 is 1.40 bits per heavy atom. The summed E-state index contributed by atoms with van der Waals surface area (Å²) in [5.41, 5.74) is 6.59. The molecular formula is C13H24N4O2S. The number of nitrogens with zero attached hydrogens (tertiary/aromatic N) is 2. The summed E-state index contributed by atoms with van der Waals surface area (Å²) in [4.78, 5) is 0.258. The van der Waals surface area contributed by atoms with Gasteiger partial charge in [-0.15, -0.1) is 0 Å². The van der Waals surface area contributed by atoms with Gasteiger partial charge in [-0.3, -0.25) is 5.10 Å². The van der Waals surface area contributed by atoms with Gasteiger partial charge in [0, 0.05) is 19.1 Å². The van der Waals surface area contributed by atoms with E-state index in [0.717, 1.165) is 6.42 Å². The molecule has 2 heterocycles. The van der Waals surface area contributed by atoms with Crippen LogP contribution >= 0.6 is 0 Å². The molecule has 2 rings (SSSR count). The third-order valence-corrected chi connectivity index (χ3v) is 6.42. The van der Waals surface area contributed by atoms with Crippen LogP contribution in [0.25, 0.3) is 0 Å². The van der Waals surface area contributed by atoms with Crippen molar-refractivity contribution >= 4 is 10.0 Å². The smallest absolute Gasteiger partial charge is 0.247 e. The number of aryl methyl sites for hydroxylation is 1. The molecule has 1 aliphatic rings. The predicted molar refractivity (Wildman–Crippen MR) is 77.5 cm³/mol. The van der Waals surface area contributed by atoms with Crippen molar-refractivity contribution in [2.75, 3.05) is 6.54 Å². The van der Waals surface area contributed by atoms with Crippen molar-refractivity contribution < 1.29 is 8.42 Å². The first-order chi connectivity index (χ1) is 9.28. The summed E-state index contributed by atoms with van der Waals surface area (Å²) < 4.78 is 27.5. The average Bonchev–Trinajstić information content (AvgIpc) is 2.75. The molecule has 3 N–H and O–H groups in total. The zero-order valence-corrected chi connectivity index (χ0v) is 13.4. The maximum Gasteiger partial charge on any atom is 0.247 e. The van der Waals surface area contributed by atoms with Gasteiger partial charge in [0.2, 0.25) is 10.0 Å². The van der Waals surface area contributed by atoms with Gasteiger partial charge in [0.15, 0.2) is 0 Å². The van der Waals surface area contributed by atoms with E-state index in [4.69, 9.17) is 5.73 Å². The molecule has 20 heavy (non-hydrogen) atoms. The van der Waals surface area contributed by atoms with Crippen molar-refractivity contribution in [2.24, 2.45) is 17.6 Å². The number of aromatic nitrogens is 2. The van der Waals surface area contributed by atoms with Gasteiger partial charge in [-0.05, 0) is 32.1 Å². The van der Waals surface area contributed by atoms with Gasteiger partial charge in [0.1, 0.15) is 4.90 Å². The van der Waals surface area contributed by atoms with Crippen LogP contribution in [-0.4, -0.2) is 35.5 Å². The predicted octanol–water partition coefficient (Wildman–Crippen LogP) is 1.23. The van der Waals surface area contributed by atoms with Crippen LogP contribution in [0.5, 0.6) is 0 Å². The summed E-state index contributed by atoms with van der Waals surface area (Å²) in [5, 5.41) is 6.74. The SMILES string of the molecule is Cc1[nH]nc(CN)c1S(=O)(=O)N1CC(C)CC(C)C1C. The molecule has 1 aromatic heterocycles. The maximum atomic E-state index is 13.0. The van der Waals surface area contributed by atoms with Crippen molar-refractivity contribution in [3.8, 4) is 0 Å². The topological polar surface area (TPSA) is 92.1 Å². The van der Waals surface area contributed by atoms with Gasteiger partial charge in [-0.25, -0.2) is 8.42 Å². The summed E-state index contributed by atoms with van der Waals surface area (Å²) in [6, 6.07) is -0.00359. The second-order valence-corrected chi connectivity index (χ2v) is 7.79. The van der Waals surface area contributed by atoms with Crippen LogP contribution in [0.2, 0.25) is 0 Å². The molecule has 0 aliphatic carbocycles. The third-order valence-electron chi connectivity index (χ3n) is 4.26. The average molecular weight is 300 g/mol. The lowest BCUT2D eigenvalue weighted by Crippen LogP contribution is -2.49. The van der Waals surface area contributed by atoms with Crippen LogP contribution in [0.15, 0.2) is 4.90 Å². The van der Waals surface area contributed by atoms with E-state index >= 15 is 0 Å². The van der Waals surface area contributed by atoms with Crippen LogP contribution in [0, 0.1) is 18.8 Å². The van der Waals surface area contributed by atoms with Crippen molar-refractivity contribution in [1.82, 2.24) is 14.5 Å². The largest absolute Gasteiger partial charge is 0.325 e. The van der Waals surface area contributed by atoms with Gasteiger partial charge >= 0.3 is 0 Å². The number of aromatic amines is 1. The minimum Gasteiger partial charge on any atom is -0.325 e. The van der Waals surface area contributed by atoms with Crippen LogP contribution < -0.4 is 5.73 Å². The molecule has 0 bridgehead atoms. The fraction of sp³-hybridized carbons (Fsp3) is 0.769. The van der Waals surface area contributed by atoms with E-state index in [1.807, 2.05) is 6.92 Å². The van der Waals surface area contributed by atoms with Crippen molar-refractivity contribution in [2.45, 2.75) is 51.6 Å². The van der Waals surface area contributed by atoms with E-state index in [2.05, 4.69) is 24.0 Å². The van der Waals surface area contributed by atoms with E-state index in [1.54, 1.807) is 11.2 Å². The molecule has 3 atom stereocenters. The number of nitrogens with one attached hydrogen (secondary N) is 1. The molecule has 6 nitrogen and oxygen atoms in total. The number of nitrogens with two attached hydrogens (primary N) is 1. The zero-order valence-electron chi connectivity index (χ0n) is 12.5. The highest BCUT2D eigenvalue weighted by atomic mass is 32.2. The molecule has 7 heteroatoms. The molecule has 0 radical (unpaired) electrons. The van der Waals surface area contributed by atoms with E-state index in [1.165, 1.54) is 0 Å². The van der Waals surface area contributed by atoms with Crippen LogP contribution in [0.1, 0.15) is 38.6 Å². The molecule has 0 saturated carbocycles. The number of H-pyrrole nitrogens is 1. The number of hydrogen-bond acceptors (Lipinski definition) is 4. The third kappa shape index (κ3) is 2.49. The first kappa shape index (κ1) is 15.5. The lowest BCUT2D eigenvalue weighted by molar-refractivity contribution is 0.157. The number of rotatable bonds is 3. The Hall–Kier alpha value is -0.920. The van der Waals surface area contributed by atoms with Gasteiger partial charge in [0.05, 0.1) is 11.4 Å². The van der Waals surface area contributed by atoms with Crippen molar-refractivity contribution in [3.05, 3.63) is 11.4 Å². The molecule has 0 aromatic carbocycles. The van der Waals surface area contributed by atoms with E-state index in [0.29, 0.717) is 29.8 Å². The highest BCUT2D eigenvalue weighted by Gasteiger charge is 2.39. The number of piperidine rings is 1. The number of hydrogen-bond donors (Lipinski definition) is 2. The Morgan fingerprint density at radius 3 is 2.65 bits per heavy atom. The molecule has 114 valence electrons. The molecule has 0 spiro atoms. The Balaban J connectivity index is 2.46. The monoisotopic (exact) mass is 300 g/mol. The summed E-state index contributed by atoms with van der Waals surface area (Å²) in [6.45, 7) is 8.58. The first-order valence-electron chi connectivity index (χ1n) is 7.04. The minimum atomic E-state index is -3.55. The Morgan fingerprint density at radius 2 is 2.05 bits per heavy atom. The summed E-state index contributed by atoms with van der Waals surface area (Å²) in [6.07, 6.45) is 1.06. The normalized spacial score (nSPS) is 28.8. The number of sulfonamides is 1.